The van der Waals surface area contributed by atoms with Gasteiger partial charge in [-0.15, -0.1) is 0 Å². The molecule has 0 bridgehead atoms. The maximum absolute atomic E-state index is 12.0. The van der Waals surface area contributed by atoms with Crippen LogP contribution in [0.15, 0.2) is 30.3 Å². The Balaban J connectivity index is 2.12. The van der Waals surface area contributed by atoms with E-state index in [-0.39, 0.29) is 11.9 Å². The molecule has 0 radical (unpaired) electrons. The first-order valence-corrected chi connectivity index (χ1v) is 6.80. The third kappa shape index (κ3) is 3.55. The number of nitrogens with one attached hydrogen (secondary N) is 1. The number of hydrogen-bond donors (Lipinski definition) is 1. The molecule has 4 heteroatoms. The molecule has 2 atom stereocenters. The fourth-order valence-corrected chi connectivity index (χ4v) is 2.53. The van der Waals surface area contributed by atoms with Crippen LogP contribution in [0.1, 0.15) is 18.4 Å². The van der Waals surface area contributed by atoms with Gasteiger partial charge in [-0.2, -0.15) is 0 Å². The first kappa shape index (κ1) is 14.0. The summed E-state index contributed by atoms with van der Waals surface area (Å²) in [5.41, 5.74) is 1.03. The number of ether oxygens (including phenoxy) is 1. The second kappa shape index (κ2) is 6.68. The van der Waals surface area contributed by atoms with E-state index < -0.39 is 0 Å². The first-order valence-electron chi connectivity index (χ1n) is 6.80. The van der Waals surface area contributed by atoms with Crippen LogP contribution < -0.4 is 5.32 Å². The molecule has 0 saturated carbocycles. The highest BCUT2D eigenvalue weighted by Crippen LogP contribution is 2.20. The van der Waals surface area contributed by atoms with E-state index in [1.165, 1.54) is 7.11 Å². The zero-order valence-corrected chi connectivity index (χ0v) is 11.6. The van der Waals surface area contributed by atoms with Crippen molar-refractivity contribution in [1.29, 1.82) is 0 Å². The van der Waals surface area contributed by atoms with E-state index in [1.54, 1.807) is 0 Å². The largest absolute Gasteiger partial charge is 0.469 e. The monoisotopic (exact) mass is 262 g/mol. The fourth-order valence-electron chi connectivity index (χ4n) is 2.53. The van der Waals surface area contributed by atoms with Gasteiger partial charge in [0.2, 0.25) is 0 Å². The predicted octanol–water partition coefficient (Wildman–Crippen LogP) is 1.24. The summed E-state index contributed by atoms with van der Waals surface area (Å²) in [6.07, 6.45) is 0. The zero-order chi connectivity index (χ0) is 13.7. The van der Waals surface area contributed by atoms with Gasteiger partial charge in [0, 0.05) is 32.2 Å². The van der Waals surface area contributed by atoms with E-state index in [2.05, 4.69) is 17.1 Å². The average molecular weight is 262 g/mol. The fraction of sp³-hybridized carbons (Fsp3) is 0.533. The van der Waals surface area contributed by atoms with Crippen LogP contribution in [0.5, 0.6) is 0 Å². The molecule has 1 N–H and O–H groups in total. The summed E-state index contributed by atoms with van der Waals surface area (Å²) in [5, 5.41) is 3.36. The molecule has 0 aromatic heterocycles. The molecule has 2 unspecified atom stereocenters. The molecule has 1 fully saturated rings. The molecular weight excluding hydrogens is 240 g/mol. The van der Waals surface area contributed by atoms with Gasteiger partial charge in [-0.1, -0.05) is 30.3 Å². The molecule has 1 aliphatic rings. The van der Waals surface area contributed by atoms with Crippen LogP contribution in [0, 0.1) is 0 Å². The molecule has 1 aromatic carbocycles. The van der Waals surface area contributed by atoms with Crippen molar-refractivity contribution in [3.05, 3.63) is 35.9 Å². The lowest BCUT2D eigenvalue weighted by molar-refractivity contribution is -0.143. The highest BCUT2D eigenvalue weighted by atomic mass is 16.5. The van der Waals surface area contributed by atoms with Crippen molar-refractivity contribution in [2.75, 3.05) is 33.3 Å². The van der Waals surface area contributed by atoms with Gasteiger partial charge in [0.15, 0.2) is 0 Å². The summed E-state index contributed by atoms with van der Waals surface area (Å²) in [6, 6.07) is 10.3. The van der Waals surface area contributed by atoms with E-state index in [4.69, 9.17) is 4.74 Å². The molecule has 1 aliphatic heterocycles. The van der Waals surface area contributed by atoms with E-state index in [0.717, 1.165) is 31.7 Å². The van der Waals surface area contributed by atoms with Crippen LogP contribution in [0.25, 0.3) is 0 Å². The highest BCUT2D eigenvalue weighted by Gasteiger charge is 2.27. The van der Waals surface area contributed by atoms with Crippen molar-refractivity contribution in [1.82, 2.24) is 10.2 Å². The van der Waals surface area contributed by atoms with Crippen molar-refractivity contribution in [2.24, 2.45) is 0 Å². The third-order valence-electron chi connectivity index (χ3n) is 3.74. The SMILES string of the molecule is COC(=O)C(CN1CCNCC1C)c1ccccc1. The summed E-state index contributed by atoms with van der Waals surface area (Å²) in [5.74, 6) is -0.358. The highest BCUT2D eigenvalue weighted by molar-refractivity contribution is 5.78. The quantitative estimate of drug-likeness (QED) is 0.829. The van der Waals surface area contributed by atoms with Gasteiger partial charge in [-0.3, -0.25) is 9.69 Å². The topological polar surface area (TPSA) is 41.6 Å². The number of piperazine rings is 1. The van der Waals surface area contributed by atoms with Crippen molar-refractivity contribution in [2.45, 2.75) is 18.9 Å². The molecular formula is C15H22N2O2. The lowest BCUT2D eigenvalue weighted by atomic mass is 9.97. The molecule has 19 heavy (non-hydrogen) atoms. The summed E-state index contributed by atoms with van der Waals surface area (Å²) < 4.78 is 4.96. The van der Waals surface area contributed by atoms with Crippen LogP contribution in [-0.4, -0.2) is 50.2 Å². The average Bonchev–Trinajstić information content (AvgIpc) is 2.46. The van der Waals surface area contributed by atoms with Gasteiger partial charge < -0.3 is 10.1 Å². The standard InChI is InChI=1S/C15H22N2O2/c1-12-10-16-8-9-17(12)11-14(15(18)19-2)13-6-4-3-5-7-13/h3-7,12,14,16H,8-11H2,1-2H3. The number of hydrogen-bond acceptors (Lipinski definition) is 4. The summed E-state index contributed by atoms with van der Waals surface area (Å²) in [6.45, 7) is 5.84. The number of benzene rings is 1. The van der Waals surface area contributed by atoms with Crippen LogP contribution in [0.4, 0.5) is 0 Å². The van der Waals surface area contributed by atoms with Crippen molar-refractivity contribution in [3.63, 3.8) is 0 Å². The number of esters is 1. The van der Waals surface area contributed by atoms with Crippen molar-refractivity contribution >= 4 is 5.97 Å². The second-order valence-electron chi connectivity index (χ2n) is 5.03. The Morgan fingerprint density at radius 1 is 1.47 bits per heavy atom. The van der Waals surface area contributed by atoms with Crippen molar-refractivity contribution < 1.29 is 9.53 Å². The van der Waals surface area contributed by atoms with E-state index in [1.807, 2.05) is 30.3 Å². The zero-order valence-electron chi connectivity index (χ0n) is 11.6. The van der Waals surface area contributed by atoms with Gasteiger partial charge >= 0.3 is 5.97 Å². The predicted molar refractivity (Wildman–Crippen MR) is 75.1 cm³/mol. The number of carbonyl (C=O) groups excluding carboxylic acids is 1. The molecule has 0 amide bonds. The number of rotatable bonds is 4. The van der Waals surface area contributed by atoms with Gasteiger partial charge in [-0.25, -0.2) is 0 Å². The lowest BCUT2D eigenvalue weighted by Crippen LogP contribution is -2.51. The molecule has 1 aromatic rings. The van der Waals surface area contributed by atoms with Crippen LogP contribution in [0.3, 0.4) is 0 Å². The molecule has 104 valence electrons. The number of methoxy groups -OCH3 is 1. The Hall–Kier alpha value is -1.39. The summed E-state index contributed by atoms with van der Waals surface area (Å²) >= 11 is 0. The minimum atomic E-state index is -0.202. The summed E-state index contributed by atoms with van der Waals surface area (Å²) in [4.78, 5) is 14.4. The van der Waals surface area contributed by atoms with Crippen LogP contribution >= 0.6 is 0 Å². The molecule has 4 nitrogen and oxygen atoms in total. The Morgan fingerprint density at radius 2 is 2.21 bits per heavy atom. The Morgan fingerprint density at radius 3 is 2.84 bits per heavy atom. The maximum atomic E-state index is 12.0. The lowest BCUT2D eigenvalue weighted by Gasteiger charge is -2.35. The van der Waals surface area contributed by atoms with Gasteiger partial charge in [0.1, 0.15) is 0 Å². The van der Waals surface area contributed by atoms with Gasteiger partial charge in [-0.05, 0) is 12.5 Å². The van der Waals surface area contributed by atoms with Crippen LogP contribution in [-0.2, 0) is 9.53 Å². The minimum Gasteiger partial charge on any atom is -0.469 e. The molecule has 1 saturated heterocycles. The van der Waals surface area contributed by atoms with E-state index in [9.17, 15) is 4.79 Å². The molecule has 2 rings (SSSR count). The molecule has 1 heterocycles. The van der Waals surface area contributed by atoms with Gasteiger partial charge in [0.25, 0.3) is 0 Å². The maximum Gasteiger partial charge on any atom is 0.314 e. The smallest absolute Gasteiger partial charge is 0.314 e. The number of nitrogens with zero attached hydrogens (tertiary/aromatic N) is 1. The molecule has 0 aliphatic carbocycles. The third-order valence-corrected chi connectivity index (χ3v) is 3.74. The Bertz CT molecular complexity index is 408. The van der Waals surface area contributed by atoms with E-state index >= 15 is 0 Å². The Labute approximate surface area is 114 Å². The first-order chi connectivity index (χ1) is 9.22. The van der Waals surface area contributed by atoms with Crippen molar-refractivity contribution in [3.8, 4) is 0 Å². The summed E-state index contributed by atoms with van der Waals surface area (Å²) in [7, 11) is 1.46. The Kier molecular flexibility index (Phi) is 4.93. The number of carbonyl (C=O) groups is 1. The minimum absolute atomic E-state index is 0.156. The molecule has 0 spiro atoms. The normalized spacial score (nSPS) is 21.9. The van der Waals surface area contributed by atoms with Gasteiger partial charge in [0.05, 0.1) is 13.0 Å². The van der Waals surface area contributed by atoms with Crippen LogP contribution in [0.2, 0.25) is 0 Å². The van der Waals surface area contributed by atoms with E-state index in [0.29, 0.717) is 6.04 Å². The second-order valence-corrected chi connectivity index (χ2v) is 5.03.